The molecule has 0 spiro atoms. The Morgan fingerprint density at radius 1 is 1.36 bits per heavy atom. The molecule has 120 valence electrons. The Labute approximate surface area is 133 Å². The van der Waals surface area contributed by atoms with Gasteiger partial charge in [-0.2, -0.15) is 0 Å². The van der Waals surface area contributed by atoms with Crippen molar-refractivity contribution in [1.82, 2.24) is 15.5 Å². The Balaban J connectivity index is 1.61. The summed E-state index contributed by atoms with van der Waals surface area (Å²) < 4.78 is 0. The predicted octanol–water partition coefficient (Wildman–Crippen LogP) is 1.86. The first kappa shape index (κ1) is 15.5. The minimum absolute atomic E-state index is 0.159. The van der Waals surface area contributed by atoms with Crippen molar-refractivity contribution >= 4 is 5.91 Å². The van der Waals surface area contributed by atoms with E-state index in [1.165, 1.54) is 24.0 Å². The van der Waals surface area contributed by atoms with Crippen LogP contribution in [-0.4, -0.2) is 43.0 Å². The van der Waals surface area contributed by atoms with Crippen molar-refractivity contribution in [1.29, 1.82) is 0 Å². The van der Waals surface area contributed by atoms with Crippen molar-refractivity contribution in [2.75, 3.05) is 26.2 Å². The predicted molar refractivity (Wildman–Crippen MR) is 88.7 cm³/mol. The van der Waals surface area contributed by atoms with E-state index >= 15 is 0 Å². The minimum Gasteiger partial charge on any atom is -0.348 e. The molecule has 0 bridgehead atoms. The first-order chi connectivity index (χ1) is 10.6. The highest BCUT2D eigenvalue weighted by atomic mass is 16.2. The number of benzene rings is 1. The highest BCUT2D eigenvalue weighted by Gasteiger charge is 2.33. The molecule has 0 radical (unpaired) electrons. The van der Waals surface area contributed by atoms with E-state index in [0.29, 0.717) is 18.5 Å². The van der Waals surface area contributed by atoms with Crippen LogP contribution in [0.15, 0.2) is 24.3 Å². The number of piperazine rings is 1. The van der Waals surface area contributed by atoms with Gasteiger partial charge in [-0.1, -0.05) is 29.8 Å². The standard InChI is InChI=1S/C18H27N3O/c1-13-3-5-15(6-4-13)18(16-7-8-16)20-17(22)12-21-10-9-19-11-14(21)2/h3-6,14,16,18-19H,7-12H2,1-2H3,(H,20,22)/t14-,18?/m0/s1. The average Bonchev–Trinajstić information content (AvgIpc) is 3.33. The summed E-state index contributed by atoms with van der Waals surface area (Å²) in [5.41, 5.74) is 2.51. The minimum atomic E-state index is 0.159. The molecule has 1 heterocycles. The first-order valence-corrected chi connectivity index (χ1v) is 8.44. The maximum Gasteiger partial charge on any atom is 0.234 e. The van der Waals surface area contributed by atoms with Gasteiger partial charge in [-0.25, -0.2) is 0 Å². The van der Waals surface area contributed by atoms with Gasteiger partial charge in [0.15, 0.2) is 0 Å². The number of aryl methyl sites for hydroxylation is 1. The molecular weight excluding hydrogens is 274 g/mol. The van der Waals surface area contributed by atoms with E-state index in [1.807, 2.05) is 0 Å². The van der Waals surface area contributed by atoms with Crippen LogP contribution >= 0.6 is 0 Å². The molecule has 0 aromatic heterocycles. The number of hydrogen-bond acceptors (Lipinski definition) is 3. The molecule has 4 nitrogen and oxygen atoms in total. The molecule has 22 heavy (non-hydrogen) atoms. The SMILES string of the molecule is Cc1ccc(C(NC(=O)CN2CCNC[C@@H]2C)C2CC2)cc1. The van der Waals surface area contributed by atoms with Gasteiger partial charge in [-0.3, -0.25) is 9.69 Å². The monoisotopic (exact) mass is 301 g/mol. The lowest BCUT2D eigenvalue weighted by Crippen LogP contribution is -2.53. The molecule has 1 aromatic carbocycles. The summed E-state index contributed by atoms with van der Waals surface area (Å²) in [5, 5.41) is 6.65. The lowest BCUT2D eigenvalue weighted by atomic mass is 10.0. The van der Waals surface area contributed by atoms with Crippen LogP contribution in [0.1, 0.15) is 36.9 Å². The van der Waals surface area contributed by atoms with Crippen molar-refractivity contribution in [2.24, 2.45) is 5.92 Å². The van der Waals surface area contributed by atoms with Gasteiger partial charge in [0.1, 0.15) is 0 Å². The van der Waals surface area contributed by atoms with Crippen molar-refractivity contribution in [3.63, 3.8) is 0 Å². The van der Waals surface area contributed by atoms with Gasteiger partial charge in [0.2, 0.25) is 5.91 Å². The first-order valence-electron chi connectivity index (χ1n) is 8.44. The average molecular weight is 301 g/mol. The van der Waals surface area contributed by atoms with Gasteiger partial charge in [0.05, 0.1) is 12.6 Å². The van der Waals surface area contributed by atoms with Crippen molar-refractivity contribution in [2.45, 2.75) is 38.8 Å². The topological polar surface area (TPSA) is 44.4 Å². The molecule has 2 atom stereocenters. The molecule has 3 rings (SSSR count). The Morgan fingerprint density at radius 3 is 2.73 bits per heavy atom. The second-order valence-electron chi connectivity index (χ2n) is 6.82. The lowest BCUT2D eigenvalue weighted by molar-refractivity contribution is -0.123. The molecule has 1 amide bonds. The van der Waals surface area contributed by atoms with E-state index < -0.39 is 0 Å². The lowest BCUT2D eigenvalue weighted by Gasteiger charge is -2.33. The molecule has 2 aliphatic rings. The van der Waals surface area contributed by atoms with Gasteiger partial charge < -0.3 is 10.6 Å². The Hall–Kier alpha value is -1.39. The molecular formula is C18H27N3O. The number of hydrogen-bond donors (Lipinski definition) is 2. The summed E-state index contributed by atoms with van der Waals surface area (Å²) in [6, 6.07) is 9.20. The van der Waals surface area contributed by atoms with Gasteiger partial charge >= 0.3 is 0 Å². The Morgan fingerprint density at radius 2 is 2.09 bits per heavy atom. The zero-order valence-electron chi connectivity index (χ0n) is 13.6. The highest BCUT2D eigenvalue weighted by Crippen LogP contribution is 2.41. The summed E-state index contributed by atoms with van der Waals surface area (Å²) in [7, 11) is 0. The van der Waals surface area contributed by atoms with E-state index in [4.69, 9.17) is 0 Å². The fourth-order valence-electron chi connectivity index (χ4n) is 3.20. The van der Waals surface area contributed by atoms with Gasteiger partial charge in [0.25, 0.3) is 0 Å². The van der Waals surface area contributed by atoms with Crippen LogP contribution in [0.25, 0.3) is 0 Å². The normalized spacial score (nSPS) is 24.0. The number of carbonyl (C=O) groups is 1. The highest BCUT2D eigenvalue weighted by molar-refractivity contribution is 5.78. The summed E-state index contributed by atoms with van der Waals surface area (Å²) in [5.74, 6) is 0.776. The summed E-state index contributed by atoms with van der Waals surface area (Å²) in [6.45, 7) is 7.68. The summed E-state index contributed by atoms with van der Waals surface area (Å²) in [6.07, 6.45) is 2.45. The number of nitrogens with one attached hydrogen (secondary N) is 2. The molecule has 2 N–H and O–H groups in total. The summed E-state index contributed by atoms with van der Waals surface area (Å²) >= 11 is 0. The number of rotatable bonds is 5. The maximum absolute atomic E-state index is 12.5. The van der Waals surface area contributed by atoms with Gasteiger partial charge in [-0.05, 0) is 38.2 Å². The van der Waals surface area contributed by atoms with Crippen LogP contribution in [0.2, 0.25) is 0 Å². The Kier molecular flexibility index (Phi) is 4.79. The van der Waals surface area contributed by atoms with Crippen LogP contribution in [0.3, 0.4) is 0 Å². The molecule has 1 aliphatic heterocycles. The van der Waals surface area contributed by atoms with E-state index in [-0.39, 0.29) is 11.9 Å². The third kappa shape index (κ3) is 3.87. The van der Waals surface area contributed by atoms with E-state index in [1.54, 1.807) is 0 Å². The van der Waals surface area contributed by atoms with Crippen molar-refractivity contribution < 1.29 is 4.79 Å². The van der Waals surface area contributed by atoms with Crippen molar-refractivity contribution in [3.8, 4) is 0 Å². The number of nitrogens with zero attached hydrogens (tertiary/aromatic N) is 1. The summed E-state index contributed by atoms with van der Waals surface area (Å²) in [4.78, 5) is 14.7. The van der Waals surface area contributed by atoms with E-state index in [2.05, 4.69) is 53.6 Å². The Bertz CT molecular complexity index is 510. The fourth-order valence-corrected chi connectivity index (χ4v) is 3.20. The number of amides is 1. The van der Waals surface area contributed by atoms with Gasteiger partial charge in [0, 0.05) is 25.7 Å². The number of carbonyl (C=O) groups excluding carboxylic acids is 1. The second kappa shape index (κ2) is 6.80. The van der Waals surface area contributed by atoms with Crippen LogP contribution in [-0.2, 0) is 4.79 Å². The third-order valence-electron chi connectivity index (χ3n) is 4.83. The second-order valence-corrected chi connectivity index (χ2v) is 6.82. The molecule has 1 aliphatic carbocycles. The zero-order chi connectivity index (χ0) is 15.5. The van der Waals surface area contributed by atoms with Crippen LogP contribution in [0.4, 0.5) is 0 Å². The van der Waals surface area contributed by atoms with Crippen LogP contribution in [0, 0.1) is 12.8 Å². The third-order valence-corrected chi connectivity index (χ3v) is 4.83. The quantitative estimate of drug-likeness (QED) is 0.872. The molecule has 1 unspecified atom stereocenters. The van der Waals surface area contributed by atoms with Gasteiger partial charge in [-0.15, -0.1) is 0 Å². The van der Waals surface area contributed by atoms with E-state index in [9.17, 15) is 4.79 Å². The molecule has 1 aromatic rings. The fraction of sp³-hybridized carbons (Fsp3) is 0.611. The zero-order valence-corrected chi connectivity index (χ0v) is 13.6. The van der Waals surface area contributed by atoms with Crippen LogP contribution < -0.4 is 10.6 Å². The van der Waals surface area contributed by atoms with E-state index in [0.717, 1.165) is 19.6 Å². The maximum atomic E-state index is 12.5. The molecule has 4 heteroatoms. The smallest absolute Gasteiger partial charge is 0.234 e. The largest absolute Gasteiger partial charge is 0.348 e. The molecule has 1 saturated carbocycles. The molecule has 2 fully saturated rings. The van der Waals surface area contributed by atoms with Crippen molar-refractivity contribution in [3.05, 3.63) is 35.4 Å². The molecule has 1 saturated heterocycles. The van der Waals surface area contributed by atoms with Crippen LogP contribution in [0.5, 0.6) is 0 Å².